The Kier molecular flexibility index (Phi) is 3.44. The Morgan fingerprint density at radius 1 is 1.11 bits per heavy atom. The van der Waals surface area contributed by atoms with Crippen molar-refractivity contribution in [3.63, 3.8) is 0 Å². The van der Waals surface area contributed by atoms with Crippen molar-refractivity contribution in [2.45, 2.75) is 51.0 Å². The van der Waals surface area contributed by atoms with Crippen LogP contribution in [0.15, 0.2) is 18.2 Å². The first-order chi connectivity index (χ1) is 8.83. The van der Waals surface area contributed by atoms with Crippen molar-refractivity contribution in [1.82, 2.24) is 0 Å². The summed E-state index contributed by atoms with van der Waals surface area (Å²) in [4.78, 5) is 2.38. The molecule has 2 heteroatoms. The lowest BCUT2D eigenvalue weighted by molar-refractivity contribution is 0.462. The van der Waals surface area contributed by atoms with E-state index in [4.69, 9.17) is 0 Å². The lowest BCUT2D eigenvalue weighted by Gasteiger charge is -2.29. The van der Waals surface area contributed by atoms with Crippen LogP contribution in [0.3, 0.4) is 0 Å². The molecule has 1 N–H and O–H groups in total. The highest BCUT2D eigenvalue weighted by molar-refractivity contribution is 5.62. The molecule has 1 heterocycles. The van der Waals surface area contributed by atoms with Gasteiger partial charge in [-0.05, 0) is 49.4 Å². The Bertz CT molecular complexity index is 408. The van der Waals surface area contributed by atoms with E-state index in [-0.39, 0.29) is 0 Å². The Balaban J connectivity index is 1.73. The summed E-state index contributed by atoms with van der Waals surface area (Å²) in [6.45, 7) is 1.20. The van der Waals surface area contributed by atoms with Crippen LogP contribution in [0.4, 0.5) is 11.4 Å². The van der Waals surface area contributed by atoms with Gasteiger partial charge in [-0.2, -0.15) is 0 Å². The monoisotopic (exact) mass is 244 g/mol. The van der Waals surface area contributed by atoms with Gasteiger partial charge in [0.05, 0.1) is 0 Å². The van der Waals surface area contributed by atoms with Crippen LogP contribution in [-0.2, 0) is 6.42 Å². The number of aryl methyl sites for hydroxylation is 1. The van der Waals surface area contributed by atoms with Gasteiger partial charge in [0.2, 0.25) is 0 Å². The summed E-state index contributed by atoms with van der Waals surface area (Å²) in [6, 6.07) is 7.63. The van der Waals surface area contributed by atoms with Crippen LogP contribution in [0.2, 0.25) is 0 Å². The van der Waals surface area contributed by atoms with E-state index in [0.29, 0.717) is 6.04 Å². The topological polar surface area (TPSA) is 15.3 Å². The second kappa shape index (κ2) is 5.21. The molecule has 0 unspecified atom stereocenters. The zero-order valence-corrected chi connectivity index (χ0v) is 11.4. The summed E-state index contributed by atoms with van der Waals surface area (Å²) in [5, 5.41) is 3.73. The third-order valence-corrected chi connectivity index (χ3v) is 4.41. The van der Waals surface area contributed by atoms with Crippen LogP contribution < -0.4 is 10.2 Å². The molecular formula is C16H24N2. The second-order valence-electron chi connectivity index (χ2n) is 5.85. The molecule has 1 aliphatic heterocycles. The Hall–Kier alpha value is -1.18. The lowest BCUT2D eigenvalue weighted by atomic mass is 9.95. The molecule has 2 aliphatic rings. The number of hydrogen-bond acceptors (Lipinski definition) is 2. The van der Waals surface area contributed by atoms with E-state index in [1.807, 2.05) is 0 Å². The van der Waals surface area contributed by atoms with Crippen LogP contribution in [-0.4, -0.2) is 19.6 Å². The molecule has 1 fully saturated rings. The normalized spacial score (nSPS) is 20.6. The standard InChI is InChI=1S/C16H24N2/c1-18-11-5-6-13-12-15(9-10-16(13)18)17-14-7-3-2-4-8-14/h9-10,12,14,17H,2-8,11H2,1H3. The van der Waals surface area contributed by atoms with E-state index in [1.165, 1.54) is 68.4 Å². The van der Waals surface area contributed by atoms with Gasteiger partial charge in [0.25, 0.3) is 0 Å². The van der Waals surface area contributed by atoms with E-state index >= 15 is 0 Å². The molecule has 3 rings (SSSR count). The lowest BCUT2D eigenvalue weighted by Crippen LogP contribution is -2.25. The molecule has 0 spiro atoms. The molecule has 98 valence electrons. The summed E-state index contributed by atoms with van der Waals surface area (Å²) >= 11 is 0. The van der Waals surface area contributed by atoms with Crippen molar-refractivity contribution in [1.29, 1.82) is 0 Å². The van der Waals surface area contributed by atoms with Gasteiger partial charge in [0.1, 0.15) is 0 Å². The van der Waals surface area contributed by atoms with Crippen molar-refractivity contribution >= 4 is 11.4 Å². The van der Waals surface area contributed by atoms with Crippen LogP contribution in [0, 0.1) is 0 Å². The van der Waals surface area contributed by atoms with Crippen molar-refractivity contribution in [3.05, 3.63) is 23.8 Å². The molecule has 0 bridgehead atoms. The highest BCUT2D eigenvalue weighted by atomic mass is 15.1. The molecular weight excluding hydrogens is 220 g/mol. The number of fused-ring (bicyclic) bond motifs is 1. The van der Waals surface area contributed by atoms with Crippen molar-refractivity contribution in [2.75, 3.05) is 23.8 Å². The maximum atomic E-state index is 3.73. The Labute approximate surface area is 110 Å². The number of rotatable bonds is 2. The molecule has 0 amide bonds. The molecule has 0 saturated heterocycles. The Morgan fingerprint density at radius 3 is 2.78 bits per heavy atom. The SMILES string of the molecule is CN1CCCc2cc(NC3CCCCC3)ccc21. The summed E-state index contributed by atoms with van der Waals surface area (Å²) in [7, 11) is 2.20. The summed E-state index contributed by atoms with van der Waals surface area (Å²) in [6.07, 6.45) is 9.42. The second-order valence-corrected chi connectivity index (χ2v) is 5.85. The van der Waals surface area contributed by atoms with Gasteiger partial charge in [-0.3, -0.25) is 0 Å². The van der Waals surface area contributed by atoms with Crippen LogP contribution >= 0.6 is 0 Å². The molecule has 0 atom stereocenters. The molecule has 0 radical (unpaired) electrons. The number of nitrogens with zero attached hydrogens (tertiary/aromatic N) is 1. The molecule has 0 aromatic heterocycles. The fourth-order valence-electron chi connectivity index (χ4n) is 3.36. The Morgan fingerprint density at radius 2 is 1.94 bits per heavy atom. The first-order valence-electron chi connectivity index (χ1n) is 7.43. The maximum Gasteiger partial charge on any atom is 0.0397 e. The smallest absolute Gasteiger partial charge is 0.0397 e. The minimum absolute atomic E-state index is 0.707. The molecule has 18 heavy (non-hydrogen) atoms. The third-order valence-electron chi connectivity index (χ3n) is 4.41. The van der Waals surface area contributed by atoms with Crippen molar-refractivity contribution in [3.8, 4) is 0 Å². The predicted molar refractivity (Wildman–Crippen MR) is 78.5 cm³/mol. The quantitative estimate of drug-likeness (QED) is 0.851. The van der Waals surface area contributed by atoms with E-state index in [9.17, 15) is 0 Å². The van der Waals surface area contributed by atoms with E-state index < -0.39 is 0 Å². The predicted octanol–water partition coefficient (Wildman–Crippen LogP) is 3.81. The van der Waals surface area contributed by atoms with Gasteiger partial charge in [-0.25, -0.2) is 0 Å². The van der Waals surface area contributed by atoms with E-state index in [2.05, 4.69) is 35.5 Å². The van der Waals surface area contributed by atoms with Gasteiger partial charge in [0.15, 0.2) is 0 Å². The summed E-state index contributed by atoms with van der Waals surface area (Å²) in [5.41, 5.74) is 4.27. The van der Waals surface area contributed by atoms with Gasteiger partial charge in [-0.1, -0.05) is 19.3 Å². The number of benzene rings is 1. The highest BCUT2D eigenvalue weighted by Gasteiger charge is 2.16. The molecule has 1 aromatic rings. The number of nitrogens with one attached hydrogen (secondary N) is 1. The van der Waals surface area contributed by atoms with E-state index in [0.717, 1.165) is 0 Å². The molecule has 2 nitrogen and oxygen atoms in total. The molecule has 1 aromatic carbocycles. The van der Waals surface area contributed by atoms with Crippen LogP contribution in [0.5, 0.6) is 0 Å². The van der Waals surface area contributed by atoms with Crippen molar-refractivity contribution in [2.24, 2.45) is 0 Å². The minimum atomic E-state index is 0.707. The highest BCUT2D eigenvalue weighted by Crippen LogP contribution is 2.30. The minimum Gasteiger partial charge on any atom is -0.382 e. The average Bonchev–Trinajstić information content (AvgIpc) is 2.40. The first kappa shape index (κ1) is 11.9. The van der Waals surface area contributed by atoms with Gasteiger partial charge in [0, 0.05) is 31.0 Å². The van der Waals surface area contributed by atoms with Gasteiger partial charge in [-0.15, -0.1) is 0 Å². The van der Waals surface area contributed by atoms with Gasteiger partial charge < -0.3 is 10.2 Å². The van der Waals surface area contributed by atoms with Crippen LogP contribution in [0.25, 0.3) is 0 Å². The number of hydrogen-bond donors (Lipinski definition) is 1. The van der Waals surface area contributed by atoms with Crippen molar-refractivity contribution < 1.29 is 0 Å². The third kappa shape index (κ3) is 2.47. The average molecular weight is 244 g/mol. The summed E-state index contributed by atoms with van der Waals surface area (Å²) < 4.78 is 0. The number of anilines is 2. The van der Waals surface area contributed by atoms with Crippen LogP contribution in [0.1, 0.15) is 44.1 Å². The maximum absolute atomic E-state index is 3.73. The van der Waals surface area contributed by atoms with Gasteiger partial charge >= 0.3 is 0 Å². The fraction of sp³-hybridized carbons (Fsp3) is 0.625. The zero-order chi connectivity index (χ0) is 12.4. The summed E-state index contributed by atoms with van der Waals surface area (Å²) in [5.74, 6) is 0. The van der Waals surface area contributed by atoms with E-state index in [1.54, 1.807) is 0 Å². The molecule has 1 saturated carbocycles. The fourth-order valence-corrected chi connectivity index (χ4v) is 3.36. The first-order valence-corrected chi connectivity index (χ1v) is 7.43. The largest absolute Gasteiger partial charge is 0.382 e. The zero-order valence-electron chi connectivity index (χ0n) is 11.4. The molecule has 1 aliphatic carbocycles.